The summed E-state index contributed by atoms with van der Waals surface area (Å²) >= 11 is 0. The van der Waals surface area contributed by atoms with Gasteiger partial charge in [0.05, 0.1) is 25.1 Å². The highest BCUT2D eigenvalue weighted by molar-refractivity contribution is 5.79. The van der Waals surface area contributed by atoms with E-state index in [1.807, 2.05) is 66.6 Å². The highest BCUT2D eigenvalue weighted by Crippen LogP contribution is 2.26. The molecule has 4 aromatic rings. The molecule has 156 valence electrons. The van der Waals surface area contributed by atoms with Crippen LogP contribution >= 0.6 is 0 Å². The van der Waals surface area contributed by atoms with Crippen LogP contribution < -0.4 is 0 Å². The van der Waals surface area contributed by atoms with Gasteiger partial charge in [-0.05, 0) is 36.2 Å². The Bertz CT molecular complexity index is 1200. The molecule has 7 heteroatoms. The van der Waals surface area contributed by atoms with Gasteiger partial charge in [-0.15, -0.1) is 5.10 Å². The molecule has 31 heavy (non-hydrogen) atoms. The second-order valence-electron chi connectivity index (χ2n) is 7.82. The molecule has 1 unspecified atom stereocenters. The Hall–Kier alpha value is -3.58. The zero-order valence-corrected chi connectivity index (χ0v) is 17.3. The summed E-state index contributed by atoms with van der Waals surface area (Å²) in [4.78, 5) is 18.8. The number of hydrogen-bond acceptors (Lipinski definition) is 5. The summed E-state index contributed by atoms with van der Waals surface area (Å²) < 4.78 is 7.74. The molecule has 4 heterocycles. The number of carbonyl (C=O) groups excluding carboxylic acids is 1. The van der Waals surface area contributed by atoms with Gasteiger partial charge in [-0.25, -0.2) is 4.52 Å². The van der Waals surface area contributed by atoms with Crippen molar-refractivity contribution in [1.29, 1.82) is 0 Å². The molecule has 0 bridgehead atoms. The van der Waals surface area contributed by atoms with Crippen molar-refractivity contribution in [1.82, 2.24) is 24.7 Å². The predicted molar refractivity (Wildman–Crippen MR) is 116 cm³/mol. The highest BCUT2D eigenvalue weighted by atomic mass is 16.5. The van der Waals surface area contributed by atoms with E-state index in [2.05, 4.69) is 15.3 Å². The summed E-state index contributed by atoms with van der Waals surface area (Å²) in [5.41, 5.74) is 5.96. The summed E-state index contributed by atoms with van der Waals surface area (Å²) in [5.74, 6) is 0.105. The first-order chi connectivity index (χ1) is 15.2. The third kappa shape index (κ3) is 4.04. The molecule has 5 rings (SSSR count). The normalized spacial score (nSPS) is 16.5. The van der Waals surface area contributed by atoms with Gasteiger partial charge in [0.15, 0.2) is 0 Å². The lowest BCUT2D eigenvalue weighted by atomic mass is 10.1. The number of nitrogens with zero attached hydrogens (tertiary/aromatic N) is 5. The van der Waals surface area contributed by atoms with Crippen molar-refractivity contribution < 1.29 is 9.53 Å². The molecular formula is C24H23N5O2. The molecule has 0 spiro atoms. The van der Waals surface area contributed by atoms with Crippen molar-refractivity contribution >= 4 is 11.4 Å². The predicted octanol–water partition coefficient (Wildman–Crippen LogP) is 3.24. The minimum atomic E-state index is -0.292. The molecule has 0 radical (unpaired) electrons. The zero-order chi connectivity index (χ0) is 21.2. The van der Waals surface area contributed by atoms with E-state index in [-0.39, 0.29) is 12.0 Å². The van der Waals surface area contributed by atoms with Gasteiger partial charge in [-0.2, -0.15) is 0 Å². The first-order valence-corrected chi connectivity index (χ1v) is 10.4. The van der Waals surface area contributed by atoms with Crippen LogP contribution in [-0.4, -0.2) is 50.3 Å². The summed E-state index contributed by atoms with van der Waals surface area (Å²) in [6, 6.07) is 16.1. The zero-order valence-electron chi connectivity index (χ0n) is 17.3. The fourth-order valence-corrected chi connectivity index (χ4v) is 3.89. The van der Waals surface area contributed by atoms with Crippen molar-refractivity contribution in [2.75, 3.05) is 19.7 Å². The molecule has 1 aliphatic heterocycles. The topological polar surface area (TPSA) is 72.6 Å². The Morgan fingerprint density at radius 1 is 1.06 bits per heavy atom. The Kier molecular flexibility index (Phi) is 5.18. The number of ether oxygens (including phenoxy) is 1. The Labute approximate surface area is 180 Å². The van der Waals surface area contributed by atoms with Gasteiger partial charge < -0.3 is 9.64 Å². The molecule has 1 aromatic carbocycles. The summed E-state index contributed by atoms with van der Waals surface area (Å²) in [6.07, 6.45) is 5.59. The molecule has 0 N–H and O–H groups in total. The highest BCUT2D eigenvalue weighted by Gasteiger charge is 2.28. The number of benzene rings is 1. The van der Waals surface area contributed by atoms with Crippen LogP contribution in [0.2, 0.25) is 0 Å². The SMILES string of the molecule is Cc1ccc(CC(=O)N2CCOC(c3nnn4cc(-c5ccncc5)ccc34)C2)cc1. The molecule has 0 aliphatic carbocycles. The number of pyridine rings is 2. The Balaban J connectivity index is 1.34. The first-order valence-electron chi connectivity index (χ1n) is 10.4. The second-order valence-corrected chi connectivity index (χ2v) is 7.82. The molecular weight excluding hydrogens is 390 g/mol. The van der Waals surface area contributed by atoms with Gasteiger partial charge in [0, 0.05) is 30.7 Å². The summed E-state index contributed by atoms with van der Waals surface area (Å²) in [6.45, 7) is 3.59. The summed E-state index contributed by atoms with van der Waals surface area (Å²) in [7, 11) is 0. The number of amides is 1. The minimum absolute atomic E-state index is 0.105. The van der Waals surface area contributed by atoms with E-state index in [1.54, 1.807) is 16.9 Å². The third-order valence-electron chi connectivity index (χ3n) is 5.65. The Morgan fingerprint density at radius 3 is 2.68 bits per heavy atom. The maximum absolute atomic E-state index is 12.9. The van der Waals surface area contributed by atoms with E-state index in [9.17, 15) is 4.79 Å². The van der Waals surface area contributed by atoms with Crippen LogP contribution in [0.4, 0.5) is 0 Å². The van der Waals surface area contributed by atoms with E-state index in [0.717, 1.165) is 27.9 Å². The number of fused-ring (bicyclic) bond motifs is 1. The standard InChI is InChI=1S/C24H23N5O2/c1-17-2-4-18(5-3-17)14-23(30)28-12-13-31-22(16-28)24-21-7-6-20(15-29(21)27-26-24)19-8-10-25-11-9-19/h2-11,15,22H,12-14,16H2,1H3. The van der Waals surface area contributed by atoms with Crippen molar-refractivity contribution in [2.24, 2.45) is 0 Å². The summed E-state index contributed by atoms with van der Waals surface area (Å²) in [5, 5.41) is 8.67. The third-order valence-corrected chi connectivity index (χ3v) is 5.65. The van der Waals surface area contributed by atoms with E-state index >= 15 is 0 Å². The van der Waals surface area contributed by atoms with Crippen molar-refractivity contribution in [3.8, 4) is 11.1 Å². The average molecular weight is 413 g/mol. The smallest absolute Gasteiger partial charge is 0.227 e. The molecule has 1 aliphatic rings. The van der Waals surface area contributed by atoms with Crippen LogP contribution in [0.15, 0.2) is 67.1 Å². The molecule has 1 saturated heterocycles. The maximum atomic E-state index is 12.9. The first kappa shape index (κ1) is 19.4. The monoisotopic (exact) mass is 413 g/mol. The van der Waals surface area contributed by atoms with Gasteiger partial charge in [0.2, 0.25) is 5.91 Å². The number of hydrogen-bond donors (Lipinski definition) is 0. The number of morpholine rings is 1. The molecule has 3 aromatic heterocycles. The number of aryl methyl sites for hydroxylation is 1. The van der Waals surface area contributed by atoms with Gasteiger partial charge in [-0.3, -0.25) is 9.78 Å². The van der Waals surface area contributed by atoms with Gasteiger partial charge >= 0.3 is 0 Å². The number of rotatable bonds is 4. The van der Waals surface area contributed by atoms with Gasteiger partial charge in [-0.1, -0.05) is 41.1 Å². The number of aromatic nitrogens is 4. The minimum Gasteiger partial charge on any atom is -0.368 e. The van der Waals surface area contributed by atoms with Crippen LogP contribution in [0.25, 0.3) is 16.6 Å². The fourth-order valence-electron chi connectivity index (χ4n) is 3.89. The lowest BCUT2D eigenvalue weighted by Crippen LogP contribution is -2.43. The van der Waals surface area contributed by atoms with Crippen LogP contribution in [0.3, 0.4) is 0 Å². The lowest BCUT2D eigenvalue weighted by Gasteiger charge is -2.32. The van der Waals surface area contributed by atoms with Crippen molar-refractivity contribution in [2.45, 2.75) is 19.4 Å². The van der Waals surface area contributed by atoms with E-state index in [1.165, 1.54) is 5.56 Å². The van der Waals surface area contributed by atoms with Crippen molar-refractivity contribution in [3.05, 3.63) is 83.9 Å². The molecule has 7 nitrogen and oxygen atoms in total. The molecule has 1 fully saturated rings. The second kappa shape index (κ2) is 8.28. The van der Waals surface area contributed by atoms with Gasteiger partial charge in [0.25, 0.3) is 0 Å². The van der Waals surface area contributed by atoms with Crippen LogP contribution in [-0.2, 0) is 16.0 Å². The van der Waals surface area contributed by atoms with E-state index < -0.39 is 0 Å². The van der Waals surface area contributed by atoms with Crippen molar-refractivity contribution in [3.63, 3.8) is 0 Å². The Morgan fingerprint density at radius 2 is 1.87 bits per heavy atom. The quantitative estimate of drug-likeness (QED) is 0.514. The molecule has 1 atom stereocenters. The van der Waals surface area contributed by atoms with Gasteiger partial charge in [0.1, 0.15) is 11.8 Å². The van der Waals surface area contributed by atoms with Crippen LogP contribution in [0.1, 0.15) is 22.9 Å². The lowest BCUT2D eigenvalue weighted by molar-refractivity contribution is -0.138. The van der Waals surface area contributed by atoms with Crippen LogP contribution in [0, 0.1) is 6.92 Å². The van der Waals surface area contributed by atoms with Crippen LogP contribution in [0.5, 0.6) is 0 Å². The maximum Gasteiger partial charge on any atom is 0.227 e. The molecule has 1 amide bonds. The fraction of sp³-hybridized carbons (Fsp3) is 0.250. The van der Waals surface area contributed by atoms with E-state index in [4.69, 9.17) is 4.74 Å². The average Bonchev–Trinajstić information content (AvgIpc) is 3.24. The molecule has 0 saturated carbocycles. The largest absolute Gasteiger partial charge is 0.368 e. The number of carbonyl (C=O) groups is 1. The van der Waals surface area contributed by atoms with E-state index in [0.29, 0.717) is 26.1 Å².